The van der Waals surface area contributed by atoms with Crippen LogP contribution in [0.5, 0.6) is 0 Å². The molecule has 1 unspecified atom stereocenters. The van der Waals surface area contributed by atoms with E-state index in [1.165, 1.54) is 0 Å². The van der Waals surface area contributed by atoms with Crippen LogP contribution in [0, 0.1) is 0 Å². The first-order chi connectivity index (χ1) is 8.18. The molecule has 0 saturated carbocycles. The maximum absolute atomic E-state index is 11.7. The Morgan fingerprint density at radius 2 is 2.06 bits per heavy atom. The van der Waals surface area contributed by atoms with E-state index < -0.39 is 0 Å². The molecule has 1 aliphatic rings. The summed E-state index contributed by atoms with van der Waals surface area (Å²) in [6.45, 7) is 1.57. The molecule has 0 heterocycles. The van der Waals surface area contributed by atoms with Crippen molar-refractivity contribution in [1.82, 2.24) is 0 Å². The summed E-state index contributed by atoms with van der Waals surface area (Å²) in [6, 6.07) is 9.68. The molecule has 1 atom stereocenters. The molecule has 0 fully saturated rings. The van der Waals surface area contributed by atoms with E-state index in [0.29, 0.717) is 0 Å². The molecule has 0 aromatic heterocycles. The Hall–Kier alpha value is -1.87. The lowest BCUT2D eigenvalue weighted by atomic mass is 10.1. The number of carbonyl (C=O) groups is 1. The second kappa shape index (κ2) is 4.97. The van der Waals surface area contributed by atoms with Crippen molar-refractivity contribution < 1.29 is 4.79 Å². The molecule has 0 saturated heterocycles. The lowest BCUT2D eigenvalue weighted by Gasteiger charge is -2.25. The highest BCUT2D eigenvalue weighted by molar-refractivity contribution is 5.95. The molecular formula is C14H16N2O. The second-order valence-corrected chi connectivity index (χ2v) is 4.08. The van der Waals surface area contributed by atoms with Crippen LogP contribution in [0.15, 0.2) is 54.3 Å². The number of nitrogens with two attached hydrogens (primary N) is 1. The Kier molecular flexibility index (Phi) is 3.40. The molecule has 2 rings (SSSR count). The van der Waals surface area contributed by atoms with Crippen molar-refractivity contribution in [2.45, 2.75) is 19.4 Å². The van der Waals surface area contributed by atoms with E-state index in [0.717, 1.165) is 17.8 Å². The van der Waals surface area contributed by atoms with Gasteiger partial charge in [0.05, 0.1) is 0 Å². The molecule has 88 valence electrons. The Balaban J connectivity index is 2.32. The molecule has 3 nitrogen and oxygen atoms in total. The number of amides is 1. The van der Waals surface area contributed by atoms with Crippen LogP contribution in [0.4, 0.5) is 5.69 Å². The van der Waals surface area contributed by atoms with Gasteiger partial charge in [-0.3, -0.25) is 9.69 Å². The summed E-state index contributed by atoms with van der Waals surface area (Å²) in [7, 11) is 0. The number of rotatable bonds is 2. The van der Waals surface area contributed by atoms with E-state index in [1.807, 2.05) is 48.6 Å². The minimum Gasteiger partial charge on any atom is -0.324 e. The molecule has 1 aliphatic carbocycles. The third-order valence-corrected chi connectivity index (χ3v) is 2.70. The topological polar surface area (TPSA) is 46.3 Å². The van der Waals surface area contributed by atoms with Gasteiger partial charge in [-0.15, -0.1) is 0 Å². The SMILES string of the molecule is CC(=O)N(C1=CCC(N)C=C1)c1ccccc1. The van der Waals surface area contributed by atoms with Crippen LogP contribution >= 0.6 is 0 Å². The minimum atomic E-state index is 0.00238. The summed E-state index contributed by atoms with van der Waals surface area (Å²) in [5.41, 5.74) is 7.55. The summed E-state index contributed by atoms with van der Waals surface area (Å²) < 4.78 is 0. The van der Waals surface area contributed by atoms with E-state index in [-0.39, 0.29) is 11.9 Å². The highest BCUT2D eigenvalue weighted by Gasteiger charge is 2.16. The van der Waals surface area contributed by atoms with Gasteiger partial charge in [0.15, 0.2) is 0 Å². The third kappa shape index (κ3) is 2.63. The number of hydrogen-bond acceptors (Lipinski definition) is 2. The fourth-order valence-corrected chi connectivity index (χ4v) is 1.88. The minimum absolute atomic E-state index is 0.00238. The molecule has 17 heavy (non-hydrogen) atoms. The van der Waals surface area contributed by atoms with Crippen LogP contribution in [-0.2, 0) is 4.79 Å². The molecule has 1 aromatic carbocycles. The molecule has 3 heteroatoms. The third-order valence-electron chi connectivity index (χ3n) is 2.70. The highest BCUT2D eigenvalue weighted by Crippen LogP contribution is 2.22. The van der Waals surface area contributed by atoms with Gasteiger partial charge in [0.1, 0.15) is 0 Å². The monoisotopic (exact) mass is 228 g/mol. The van der Waals surface area contributed by atoms with E-state index in [9.17, 15) is 4.79 Å². The van der Waals surface area contributed by atoms with Crippen molar-refractivity contribution in [2.24, 2.45) is 5.73 Å². The number of carbonyl (C=O) groups excluding carboxylic acids is 1. The zero-order valence-corrected chi connectivity index (χ0v) is 9.84. The van der Waals surface area contributed by atoms with Gasteiger partial charge in [-0.2, -0.15) is 0 Å². The Bertz CT molecular complexity index is 462. The maximum Gasteiger partial charge on any atom is 0.228 e. The van der Waals surface area contributed by atoms with Crippen molar-refractivity contribution in [3.8, 4) is 0 Å². The predicted molar refractivity (Wildman–Crippen MR) is 69.4 cm³/mol. The van der Waals surface area contributed by atoms with Crippen LogP contribution in [0.3, 0.4) is 0 Å². The first kappa shape index (κ1) is 11.6. The molecule has 0 bridgehead atoms. The molecule has 2 N–H and O–H groups in total. The quantitative estimate of drug-likeness (QED) is 0.843. The summed E-state index contributed by atoms with van der Waals surface area (Å²) in [6.07, 6.45) is 6.60. The zero-order chi connectivity index (χ0) is 12.3. The standard InChI is InChI=1S/C14H16N2O/c1-11(17)16(13-5-3-2-4-6-13)14-9-7-12(15)8-10-14/h2-7,9-10,12H,8,15H2,1H3. The van der Waals surface area contributed by atoms with Crippen molar-refractivity contribution in [3.05, 3.63) is 54.3 Å². The summed E-state index contributed by atoms with van der Waals surface area (Å²) in [4.78, 5) is 13.4. The van der Waals surface area contributed by atoms with Crippen molar-refractivity contribution >= 4 is 11.6 Å². The predicted octanol–water partition coefficient (Wildman–Crippen LogP) is 2.21. The van der Waals surface area contributed by atoms with Crippen LogP contribution < -0.4 is 10.6 Å². The average molecular weight is 228 g/mol. The van der Waals surface area contributed by atoms with Gasteiger partial charge in [-0.05, 0) is 24.6 Å². The number of nitrogens with zero attached hydrogens (tertiary/aromatic N) is 1. The highest BCUT2D eigenvalue weighted by atomic mass is 16.2. The van der Waals surface area contributed by atoms with Gasteiger partial charge in [0.25, 0.3) is 0 Å². The number of allylic oxidation sites excluding steroid dienone is 1. The Labute approximate surface area is 101 Å². The number of benzene rings is 1. The normalized spacial score (nSPS) is 18.7. The van der Waals surface area contributed by atoms with Crippen molar-refractivity contribution in [3.63, 3.8) is 0 Å². The smallest absolute Gasteiger partial charge is 0.228 e. The Morgan fingerprint density at radius 1 is 1.35 bits per heavy atom. The second-order valence-electron chi connectivity index (χ2n) is 4.08. The number of hydrogen-bond donors (Lipinski definition) is 1. The first-order valence-corrected chi connectivity index (χ1v) is 5.68. The zero-order valence-electron chi connectivity index (χ0n) is 9.84. The maximum atomic E-state index is 11.7. The van der Waals surface area contributed by atoms with Gasteiger partial charge in [0, 0.05) is 24.4 Å². The van der Waals surface area contributed by atoms with Crippen LogP contribution in [-0.4, -0.2) is 11.9 Å². The van der Waals surface area contributed by atoms with Gasteiger partial charge in [-0.25, -0.2) is 0 Å². The van der Waals surface area contributed by atoms with Crippen molar-refractivity contribution in [1.29, 1.82) is 0 Å². The fourth-order valence-electron chi connectivity index (χ4n) is 1.88. The fraction of sp³-hybridized carbons (Fsp3) is 0.214. The average Bonchev–Trinajstić information content (AvgIpc) is 2.33. The van der Waals surface area contributed by atoms with Crippen molar-refractivity contribution in [2.75, 3.05) is 4.90 Å². The summed E-state index contributed by atoms with van der Waals surface area (Å²) >= 11 is 0. The summed E-state index contributed by atoms with van der Waals surface area (Å²) in [5, 5.41) is 0. The molecule has 0 radical (unpaired) electrons. The largest absolute Gasteiger partial charge is 0.324 e. The lowest BCUT2D eigenvalue weighted by molar-refractivity contribution is -0.116. The van der Waals surface area contributed by atoms with E-state index >= 15 is 0 Å². The molecule has 0 spiro atoms. The van der Waals surface area contributed by atoms with Crippen LogP contribution in [0.2, 0.25) is 0 Å². The molecule has 1 amide bonds. The number of para-hydroxylation sites is 1. The van der Waals surface area contributed by atoms with E-state index in [1.54, 1.807) is 11.8 Å². The first-order valence-electron chi connectivity index (χ1n) is 5.68. The number of anilines is 1. The van der Waals surface area contributed by atoms with Gasteiger partial charge < -0.3 is 5.73 Å². The Morgan fingerprint density at radius 3 is 2.59 bits per heavy atom. The molecular weight excluding hydrogens is 212 g/mol. The van der Waals surface area contributed by atoms with Gasteiger partial charge in [0.2, 0.25) is 5.91 Å². The molecule has 0 aliphatic heterocycles. The molecule has 1 aromatic rings. The van der Waals surface area contributed by atoms with Crippen LogP contribution in [0.1, 0.15) is 13.3 Å². The van der Waals surface area contributed by atoms with E-state index in [4.69, 9.17) is 5.73 Å². The summed E-state index contributed by atoms with van der Waals surface area (Å²) in [5.74, 6) is 0.00238. The lowest BCUT2D eigenvalue weighted by Crippen LogP contribution is -2.29. The van der Waals surface area contributed by atoms with Gasteiger partial charge in [-0.1, -0.05) is 30.4 Å². The van der Waals surface area contributed by atoms with E-state index in [2.05, 4.69) is 0 Å². The van der Waals surface area contributed by atoms with Crippen LogP contribution in [0.25, 0.3) is 0 Å². The van der Waals surface area contributed by atoms with Gasteiger partial charge >= 0.3 is 0 Å².